The average molecular weight is 718 g/mol. The fourth-order valence-corrected chi connectivity index (χ4v) is 5.97. The Hall–Kier alpha value is -5.46. The van der Waals surface area contributed by atoms with Crippen LogP contribution in [0.1, 0.15) is 86.5 Å². The van der Waals surface area contributed by atoms with Gasteiger partial charge in [-0.15, -0.1) is 0 Å². The van der Waals surface area contributed by atoms with Gasteiger partial charge in [0.15, 0.2) is 0 Å². The number of nitrogens with one attached hydrogen (secondary N) is 2. The largest absolute Gasteiger partial charge is 0.533 e. The van der Waals surface area contributed by atoms with E-state index in [1.807, 2.05) is 31.2 Å². The lowest BCUT2D eigenvalue weighted by Crippen LogP contribution is -2.32. The normalized spacial score (nSPS) is 14.2. The van der Waals surface area contributed by atoms with Crippen LogP contribution >= 0.6 is 0 Å². The van der Waals surface area contributed by atoms with Crippen molar-refractivity contribution in [1.82, 2.24) is 15.7 Å². The van der Waals surface area contributed by atoms with Gasteiger partial charge in [-0.3, -0.25) is 24.0 Å². The molecule has 0 aromatic heterocycles. The van der Waals surface area contributed by atoms with E-state index in [0.717, 1.165) is 39.8 Å². The molecule has 1 saturated heterocycles. The van der Waals surface area contributed by atoms with Crippen molar-refractivity contribution in [2.45, 2.75) is 77.0 Å². The van der Waals surface area contributed by atoms with Crippen molar-refractivity contribution in [2.24, 2.45) is 0 Å². The van der Waals surface area contributed by atoms with Crippen LogP contribution in [0.2, 0.25) is 0 Å². The number of rotatable bonds is 22. The number of ether oxygens (including phenoxy) is 3. The SMILES string of the molecule is C=C(CC)OCCNC(=O)CCCc1ccc2c(c1)C(COC(=O)ON1C(=O)CCC1=O)c1cc(CCCC(=O)NCCOC(=C)CC=O)ccc1-2. The number of hydrogen-bond donors (Lipinski definition) is 2. The summed E-state index contributed by atoms with van der Waals surface area (Å²) in [5.41, 5.74) is 5.88. The van der Waals surface area contributed by atoms with Gasteiger partial charge in [0, 0.05) is 38.0 Å². The highest BCUT2D eigenvalue weighted by Crippen LogP contribution is 2.46. The summed E-state index contributed by atoms with van der Waals surface area (Å²) in [6.45, 7) is 10.6. The molecule has 4 rings (SSSR count). The quantitative estimate of drug-likeness (QED) is 0.0559. The van der Waals surface area contributed by atoms with E-state index in [4.69, 9.17) is 19.0 Å². The third-order valence-corrected chi connectivity index (χ3v) is 8.72. The Morgan fingerprint density at radius 2 is 1.33 bits per heavy atom. The number of hydroxylamine groups is 2. The summed E-state index contributed by atoms with van der Waals surface area (Å²) >= 11 is 0. The highest BCUT2D eigenvalue weighted by atomic mass is 16.8. The van der Waals surface area contributed by atoms with E-state index in [9.17, 15) is 28.8 Å². The van der Waals surface area contributed by atoms with E-state index >= 15 is 0 Å². The number of hydrogen-bond acceptors (Lipinski definition) is 10. The van der Waals surface area contributed by atoms with Gasteiger partial charge in [0.2, 0.25) is 11.8 Å². The van der Waals surface area contributed by atoms with Crippen LogP contribution in [0.5, 0.6) is 0 Å². The van der Waals surface area contributed by atoms with Crippen LogP contribution in [0, 0.1) is 0 Å². The van der Waals surface area contributed by atoms with Gasteiger partial charge in [-0.2, -0.15) is 0 Å². The van der Waals surface area contributed by atoms with Crippen LogP contribution in [-0.4, -0.2) is 74.0 Å². The summed E-state index contributed by atoms with van der Waals surface area (Å²) < 4.78 is 16.2. The number of aryl methyl sites for hydroxylation is 2. The zero-order valence-corrected chi connectivity index (χ0v) is 29.7. The van der Waals surface area contributed by atoms with Crippen LogP contribution in [0.4, 0.5) is 4.79 Å². The Morgan fingerprint density at radius 1 is 0.808 bits per heavy atom. The lowest BCUT2D eigenvalue weighted by Gasteiger charge is -2.17. The molecule has 0 saturated carbocycles. The molecule has 1 heterocycles. The highest BCUT2D eigenvalue weighted by Gasteiger charge is 2.35. The van der Waals surface area contributed by atoms with E-state index in [1.165, 1.54) is 0 Å². The third kappa shape index (κ3) is 11.5. The van der Waals surface area contributed by atoms with Crippen molar-refractivity contribution in [3.8, 4) is 11.1 Å². The van der Waals surface area contributed by atoms with Crippen LogP contribution < -0.4 is 10.6 Å². The van der Waals surface area contributed by atoms with E-state index in [2.05, 4.69) is 35.9 Å². The van der Waals surface area contributed by atoms with Gasteiger partial charge in [0.25, 0.3) is 11.8 Å². The molecular weight excluding hydrogens is 670 g/mol. The van der Waals surface area contributed by atoms with Crippen molar-refractivity contribution in [1.29, 1.82) is 0 Å². The van der Waals surface area contributed by atoms with Crippen LogP contribution in [0.15, 0.2) is 61.1 Å². The minimum Gasteiger partial charge on any atom is -0.497 e. The smallest absolute Gasteiger partial charge is 0.497 e. The fraction of sp³-hybridized carbons (Fsp3) is 0.436. The molecule has 2 aliphatic rings. The predicted molar refractivity (Wildman–Crippen MR) is 190 cm³/mol. The fourth-order valence-electron chi connectivity index (χ4n) is 5.97. The second-order valence-electron chi connectivity index (χ2n) is 12.5. The molecule has 13 nitrogen and oxygen atoms in total. The Labute approximate surface area is 303 Å². The molecule has 0 bridgehead atoms. The number of carbonyl (C=O) groups excluding carboxylic acids is 6. The van der Waals surface area contributed by atoms with Gasteiger partial charge in [-0.25, -0.2) is 4.79 Å². The Balaban J connectivity index is 1.37. The van der Waals surface area contributed by atoms with Crippen molar-refractivity contribution in [3.63, 3.8) is 0 Å². The number of imide groups is 1. The Morgan fingerprint density at radius 3 is 1.83 bits per heavy atom. The minimum absolute atomic E-state index is 0.0269. The van der Waals surface area contributed by atoms with E-state index in [-0.39, 0.29) is 50.2 Å². The molecule has 2 aromatic carbocycles. The molecule has 1 fully saturated rings. The molecule has 1 unspecified atom stereocenters. The summed E-state index contributed by atoms with van der Waals surface area (Å²) in [6.07, 6.45) is 3.52. The van der Waals surface area contributed by atoms with Crippen molar-refractivity contribution in [2.75, 3.05) is 32.9 Å². The number of allylic oxidation sites excluding steroid dienone is 2. The van der Waals surface area contributed by atoms with Crippen molar-refractivity contribution >= 4 is 36.1 Å². The second kappa shape index (κ2) is 19.8. The van der Waals surface area contributed by atoms with Crippen LogP contribution in [-0.2, 0) is 55.9 Å². The number of benzene rings is 2. The van der Waals surface area contributed by atoms with Gasteiger partial charge >= 0.3 is 6.16 Å². The molecule has 1 aliphatic carbocycles. The maximum Gasteiger partial charge on any atom is 0.533 e. The molecule has 1 aliphatic heterocycles. The molecule has 4 amide bonds. The zero-order valence-electron chi connectivity index (χ0n) is 29.7. The van der Waals surface area contributed by atoms with Crippen LogP contribution in [0.25, 0.3) is 11.1 Å². The second-order valence-corrected chi connectivity index (χ2v) is 12.5. The molecule has 52 heavy (non-hydrogen) atoms. The lowest BCUT2D eigenvalue weighted by atomic mass is 9.94. The Bertz CT molecular complexity index is 1650. The van der Waals surface area contributed by atoms with Gasteiger partial charge in [-0.1, -0.05) is 61.5 Å². The maximum atomic E-state index is 12.6. The number of fused-ring (bicyclic) bond motifs is 3. The van der Waals surface area contributed by atoms with Crippen molar-refractivity contribution in [3.05, 3.63) is 83.3 Å². The first-order valence-corrected chi connectivity index (χ1v) is 17.6. The molecule has 2 N–H and O–H groups in total. The summed E-state index contributed by atoms with van der Waals surface area (Å²) in [4.78, 5) is 76.7. The average Bonchev–Trinajstić information content (AvgIpc) is 3.61. The molecule has 1 atom stereocenters. The first-order chi connectivity index (χ1) is 25.1. The predicted octanol–water partition coefficient (Wildman–Crippen LogP) is 4.95. The number of nitrogens with zero attached hydrogens (tertiary/aromatic N) is 1. The van der Waals surface area contributed by atoms with E-state index < -0.39 is 18.0 Å². The Kier molecular flexibility index (Phi) is 15.0. The molecule has 0 spiro atoms. The third-order valence-electron chi connectivity index (χ3n) is 8.72. The first kappa shape index (κ1) is 39.3. The maximum absolute atomic E-state index is 12.6. The topological polar surface area (TPSA) is 167 Å². The van der Waals surface area contributed by atoms with Crippen LogP contribution in [0.3, 0.4) is 0 Å². The van der Waals surface area contributed by atoms with Gasteiger partial charge in [0.1, 0.15) is 26.1 Å². The minimum atomic E-state index is -1.15. The lowest BCUT2D eigenvalue weighted by molar-refractivity contribution is -0.177. The summed E-state index contributed by atoms with van der Waals surface area (Å²) in [6, 6.07) is 12.2. The van der Waals surface area contributed by atoms with Gasteiger partial charge < -0.3 is 29.6 Å². The highest BCUT2D eigenvalue weighted by molar-refractivity contribution is 6.01. The monoisotopic (exact) mass is 717 g/mol. The van der Waals surface area contributed by atoms with Gasteiger partial charge in [0.05, 0.1) is 31.0 Å². The van der Waals surface area contributed by atoms with E-state index in [0.29, 0.717) is 81.1 Å². The zero-order chi connectivity index (χ0) is 37.5. The molecule has 0 radical (unpaired) electrons. The molecule has 2 aromatic rings. The molecular formula is C39H47N3O10. The first-order valence-electron chi connectivity index (χ1n) is 17.6. The summed E-state index contributed by atoms with van der Waals surface area (Å²) in [5, 5.41) is 6.11. The van der Waals surface area contributed by atoms with E-state index in [1.54, 1.807) is 0 Å². The molecule has 13 heteroatoms. The molecule has 278 valence electrons. The standard InChI is InChI=1S/C39H47N3O10/c1-4-26(2)49-21-18-40-35(44)9-5-7-28-11-13-30-31-14-12-29(8-6-10-36(45)41-19-22-50-27(3)17-20-43)24-33(31)34(32(30)23-28)25-51-39(48)52-42-37(46)15-16-38(42)47/h11-14,20,23-24,34H,2-10,15-19,21-22,25H2,1H3,(H,40,44)(H,41,45). The van der Waals surface area contributed by atoms with Gasteiger partial charge in [-0.05, 0) is 59.1 Å². The number of aldehydes is 1. The summed E-state index contributed by atoms with van der Waals surface area (Å²) in [5.74, 6) is -0.694. The number of carbonyl (C=O) groups is 6. The summed E-state index contributed by atoms with van der Waals surface area (Å²) in [7, 11) is 0. The van der Waals surface area contributed by atoms with Crippen molar-refractivity contribution < 1.29 is 47.8 Å². The number of amides is 4.